The Labute approximate surface area is 138 Å². The molecule has 1 amide bonds. The summed E-state index contributed by atoms with van der Waals surface area (Å²) in [5.74, 6) is -0.169. The molecule has 2 aromatic carbocycles. The number of carbonyl (C=O) groups excluding carboxylic acids is 1. The highest BCUT2D eigenvalue weighted by atomic mass is 19.1. The number of rotatable bonds is 2. The van der Waals surface area contributed by atoms with E-state index in [0.29, 0.717) is 29.2 Å². The molecular formula is C19H14FNO3. The molecule has 0 saturated carbocycles. The van der Waals surface area contributed by atoms with Crippen LogP contribution in [0.25, 0.3) is 17.4 Å². The van der Waals surface area contributed by atoms with Gasteiger partial charge in [0.15, 0.2) is 0 Å². The molecule has 0 atom stereocenters. The second-order valence-electron chi connectivity index (χ2n) is 5.59. The van der Waals surface area contributed by atoms with E-state index >= 15 is 0 Å². The summed E-state index contributed by atoms with van der Waals surface area (Å²) in [5, 5.41) is 2.75. The largest absolute Gasteiger partial charge is 0.504 e. The quantitative estimate of drug-likeness (QED) is 0.675. The van der Waals surface area contributed by atoms with Crippen LogP contribution in [-0.2, 0) is 20.9 Å². The summed E-state index contributed by atoms with van der Waals surface area (Å²) in [5.41, 5.74) is 4.32. The number of ether oxygens (including phenoxy) is 2. The predicted molar refractivity (Wildman–Crippen MR) is 89.1 cm³/mol. The topological polar surface area (TPSA) is 47.6 Å². The number of hydrogen-bond acceptors (Lipinski definition) is 3. The van der Waals surface area contributed by atoms with Crippen LogP contribution in [0.15, 0.2) is 42.7 Å². The highest BCUT2D eigenvalue weighted by molar-refractivity contribution is 6.36. The monoisotopic (exact) mass is 323 g/mol. The van der Waals surface area contributed by atoms with Crippen molar-refractivity contribution in [3.05, 3.63) is 70.7 Å². The lowest BCUT2D eigenvalue weighted by Crippen LogP contribution is -2.05. The molecule has 5 heteroatoms. The minimum atomic E-state index is -0.387. The number of halogens is 1. The van der Waals surface area contributed by atoms with Gasteiger partial charge in [0.2, 0.25) is 0 Å². The maximum absolute atomic E-state index is 13.6. The van der Waals surface area contributed by atoms with E-state index < -0.39 is 0 Å². The molecule has 0 spiro atoms. The van der Waals surface area contributed by atoms with Crippen LogP contribution in [0.4, 0.5) is 10.1 Å². The third-order valence-corrected chi connectivity index (χ3v) is 4.10. The van der Waals surface area contributed by atoms with E-state index in [1.807, 2.05) is 24.3 Å². The van der Waals surface area contributed by atoms with Gasteiger partial charge in [-0.1, -0.05) is 12.1 Å². The third-order valence-electron chi connectivity index (χ3n) is 4.10. The Morgan fingerprint density at radius 3 is 2.92 bits per heavy atom. The van der Waals surface area contributed by atoms with E-state index in [4.69, 9.17) is 9.47 Å². The van der Waals surface area contributed by atoms with Gasteiger partial charge in [0.05, 0.1) is 18.9 Å². The molecule has 4 rings (SSSR count). The highest BCUT2D eigenvalue weighted by Gasteiger charge is 2.32. The van der Waals surface area contributed by atoms with E-state index in [9.17, 15) is 9.18 Å². The van der Waals surface area contributed by atoms with Crippen molar-refractivity contribution < 1.29 is 18.7 Å². The fourth-order valence-electron chi connectivity index (χ4n) is 3.00. The molecule has 0 fully saturated rings. The standard InChI is InChI=1S/C19H14FNO3/c1-23-7-6-11-2-4-14-12(8-11)10-24-18(14)17-15-9-13(20)3-5-16(15)21-19(17)22/h2-9H,10H2,1H3,(H,21,22)/b7-6?,18-17+. The van der Waals surface area contributed by atoms with Crippen LogP contribution in [-0.4, -0.2) is 13.0 Å². The zero-order valence-electron chi connectivity index (χ0n) is 12.9. The summed E-state index contributed by atoms with van der Waals surface area (Å²) in [7, 11) is 1.59. The smallest absolute Gasteiger partial charge is 0.260 e. The Hall–Kier alpha value is -3.08. The molecule has 0 aliphatic carbocycles. The van der Waals surface area contributed by atoms with E-state index in [-0.39, 0.29) is 11.7 Å². The Kier molecular flexibility index (Phi) is 3.34. The van der Waals surface area contributed by atoms with Crippen LogP contribution in [0.1, 0.15) is 22.3 Å². The van der Waals surface area contributed by atoms with Gasteiger partial charge in [-0.15, -0.1) is 0 Å². The van der Waals surface area contributed by atoms with Gasteiger partial charge in [-0.25, -0.2) is 4.39 Å². The summed E-state index contributed by atoms with van der Waals surface area (Å²) < 4.78 is 24.3. The number of anilines is 1. The lowest BCUT2D eigenvalue weighted by Gasteiger charge is -2.05. The predicted octanol–water partition coefficient (Wildman–Crippen LogP) is 3.79. The van der Waals surface area contributed by atoms with Crippen molar-refractivity contribution in [2.24, 2.45) is 0 Å². The summed E-state index contributed by atoms with van der Waals surface area (Å²) in [6.45, 7) is 0.376. The first kappa shape index (κ1) is 14.5. The first-order chi connectivity index (χ1) is 11.7. The first-order valence-electron chi connectivity index (χ1n) is 7.48. The van der Waals surface area contributed by atoms with Crippen molar-refractivity contribution in [1.82, 2.24) is 0 Å². The van der Waals surface area contributed by atoms with Crippen molar-refractivity contribution in [2.45, 2.75) is 6.61 Å². The average molecular weight is 323 g/mol. The molecule has 2 aliphatic rings. The molecule has 2 heterocycles. The van der Waals surface area contributed by atoms with Gasteiger partial charge in [-0.3, -0.25) is 4.79 Å². The third kappa shape index (κ3) is 2.25. The molecule has 4 nitrogen and oxygen atoms in total. The second-order valence-corrected chi connectivity index (χ2v) is 5.59. The Morgan fingerprint density at radius 2 is 2.08 bits per heavy atom. The average Bonchev–Trinajstić information content (AvgIpc) is 3.12. The summed E-state index contributed by atoms with van der Waals surface area (Å²) in [4.78, 5) is 12.3. The van der Waals surface area contributed by atoms with Gasteiger partial charge in [0.25, 0.3) is 5.91 Å². The van der Waals surface area contributed by atoms with E-state index in [0.717, 1.165) is 16.7 Å². The van der Waals surface area contributed by atoms with Crippen LogP contribution in [0.3, 0.4) is 0 Å². The number of carbonyl (C=O) groups is 1. The van der Waals surface area contributed by atoms with Crippen molar-refractivity contribution in [3.63, 3.8) is 0 Å². The van der Waals surface area contributed by atoms with Crippen molar-refractivity contribution in [2.75, 3.05) is 12.4 Å². The van der Waals surface area contributed by atoms with Gasteiger partial charge in [-0.05, 0) is 35.9 Å². The number of methoxy groups -OCH3 is 1. The first-order valence-corrected chi connectivity index (χ1v) is 7.48. The maximum Gasteiger partial charge on any atom is 0.260 e. The molecule has 0 aromatic heterocycles. The zero-order valence-corrected chi connectivity index (χ0v) is 12.9. The maximum atomic E-state index is 13.6. The van der Waals surface area contributed by atoms with Crippen LogP contribution < -0.4 is 5.32 Å². The van der Waals surface area contributed by atoms with Gasteiger partial charge in [0, 0.05) is 22.4 Å². The minimum absolute atomic E-state index is 0.276. The molecule has 0 saturated heterocycles. The minimum Gasteiger partial charge on any atom is -0.504 e. The molecule has 120 valence electrons. The van der Waals surface area contributed by atoms with Crippen molar-refractivity contribution in [3.8, 4) is 0 Å². The summed E-state index contributed by atoms with van der Waals surface area (Å²) in [6, 6.07) is 10.0. The fraction of sp³-hybridized carbons (Fsp3) is 0.105. The normalized spacial score (nSPS) is 18.3. The molecular weight excluding hydrogens is 309 g/mol. The molecule has 1 N–H and O–H groups in total. The van der Waals surface area contributed by atoms with Gasteiger partial charge in [0.1, 0.15) is 18.2 Å². The van der Waals surface area contributed by atoms with Gasteiger partial charge in [-0.2, -0.15) is 0 Å². The SMILES string of the molecule is COC=Cc1ccc2c(c1)CO/C2=C1/C(=O)Nc2ccc(F)cc21. The molecule has 2 aromatic rings. The molecule has 0 unspecified atom stereocenters. The highest BCUT2D eigenvalue weighted by Crippen LogP contribution is 2.41. The number of amides is 1. The van der Waals surface area contributed by atoms with Crippen molar-refractivity contribution in [1.29, 1.82) is 0 Å². The Morgan fingerprint density at radius 1 is 1.21 bits per heavy atom. The summed E-state index contributed by atoms with van der Waals surface area (Å²) in [6.07, 6.45) is 3.44. The number of fused-ring (bicyclic) bond motifs is 2. The van der Waals surface area contributed by atoms with Gasteiger partial charge >= 0.3 is 0 Å². The van der Waals surface area contributed by atoms with Crippen LogP contribution in [0.2, 0.25) is 0 Å². The number of nitrogens with one attached hydrogen (secondary N) is 1. The van der Waals surface area contributed by atoms with E-state index in [1.165, 1.54) is 12.1 Å². The van der Waals surface area contributed by atoms with Gasteiger partial charge < -0.3 is 14.8 Å². The zero-order chi connectivity index (χ0) is 16.7. The molecule has 24 heavy (non-hydrogen) atoms. The van der Waals surface area contributed by atoms with Crippen LogP contribution >= 0.6 is 0 Å². The summed E-state index contributed by atoms with van der Waals surface area (Å²) >= 11 is 0. The fourth-order valence-corrected chi connectivity index (χ4v) is 3.00. The number of benzene rings is 2. The van der Waals surface area contributed by atoms with E-state index in [1.54, 1.807) is 19.4 Å². The molecule has 0 radical (unpaired) electrons. The lowest BCUT2D eigenvalue weighted by molar-refractivity contribution is -0.110. The van der Waals surface area contributed by atoms with E-state index in [2.05, 4.69) is 5.32 Å². The lowest BCUT2D eigenvalue weighted by atomic mass is 9.99. The Balaban J connectivity index is 1.83. The van der Waals surface area contributed by atoms with Crippen LogP contribution in [0.5, 0.6) is 0 Å². The molecule has 2 aliphatic heterocycles. The Bertz CT molecular complexity index is 915. The molecule has 0 bridgehead atoms. The second kappa shape index (κ2) is 5.53. The van der Waals surface area contributed by atoms with Crippen LogP contribution in [0, 0.1) is 5.82 Å². The van der Waals surface area contributed by atoms with Crippen molar-refractivity contribution >= 4 is 29.0 Å². The number of hydrogen-bond donors (Lipinski definition) is 1.